The zero-order chi connectivity index (χ0) is 20.5. The molecule has 1 atom stereocenters. The molecule has 2 fully saturated rings. The predicted molar refractivity (Wildman–Crippen MR) is 101 cm³/mol. The molecule has 1 N–H and O–H groups in total. The number of anilines is 2. The van der Waals surface area contributed by atoms with Crippen molar-refractivity contribution >= 4 is 29.2 Å². The van der Waals surface area contributed by atoms with Crippen molar-refractivity contribution in [2.45, 2.75) is 12.5 Å². The van der Waals surface area contributed by atoms with Gasteiger partial charge < -0.3 is 19.7 Å². The number of benzene rings is 2. The van der Waals surface area contributed by atoms with Gasteiger partial charge in [0.15, 0.2) is 6.04 Å². The summed E-state index contributed by atoms with van der Waals surface area (Å²) in [6, 6.07) is 11.4. The second-order valence-electron chi connectivity index (χ2n) is 7.28. The van der Waals surface area contributed by atoms with Crippen LogP contribution in [0.4, 0.5) is 15.8 Å². The molecule has 4 rings (SSSR count). The number of nitrogens with zero attached hydrogens (tertiary/aromatic N) is 2. The molecule has 2 aliphatic rings. The van der Waals surface area contributed by atoms with E-state index in [0.717, 1.165) is 15.5 Å². The number of aromatic carboxylic acids is 1. The zero-order valence-corrected chi connectivity index (χ0v) is 15.6. The third-order valence-electron chi connectivity index (χ3n) is 5.60. The fourth-order valence-corrected chi connectivity index (χ4v) is 4.02. The van der Waals surface area contributed by atoms with Crippen molar-refractivity contribution in [2.24, 2.45) is 0 Å². The number of imide groups is 1. The lowest BCUT2D eigenvalue weighted by atomic mass is 10.1. The van der Waals surface area contributed by atoms with Crippen molar-refractivity contribution in [1.82, 2.24) is 0 Å². The van der Waals surface area contributed by atoms with Crippen LogP contribution in [-0.2, 0) is 9.59 Å². The number of hydrogen-bond donors (Lipinski definition) is 1. The molecule has 8 heteroatoms. The van der Waals surface area contributed by atoms with Gasteiger partial charge in [-0.15, -0.1) is 0 Å². The number of rotatable bonds is 4. The van der Waals surface area contributed by atoms with Crippen molar-refractivity contribution in [3.05, 3.63) is 59.9 Å². The van der Waals surface area contributed by atoms with E-state index >= 15 is 0 Å². The van der Waals surface area contributed by atoms with Gasteiger partial charge in [-0.1, -0.05) is 12.1 Å². The van der Waals surface area contributed by atoms with Gasteiger partial charge in [0, 0.05) is 5.69 Å². The topological polar surface area (TPSA) is 85.2 Å². The molecule has 2 aliphatic heterocycles. The SMILES string of the molecule is O=C([O-])c1ccc(N2C(=O)C[C@H]([NH+]3CCN(c4ccc(F)cc4)CC3)C2=O)cc1. The number of carboxylic acids is 1. The minimum Gasteiger partial charge on any atom is -0.545 e. The molecule has 2 heterocycles. The van der Waals surface area contributed by atoms with Gasteiger partial charge >= 0.3 is 0 Å². The Morgan fingerprint density at radius 1 is 0.966 bits per heavy atom. The minimum absolute atomic E-state index is 0.00747. The first-order chi connectivity index (χ1) is 13.9. The molecule has 0 saturated carbocycles. The number of amides is 2. The third kappa shape index (κ3) is 3.71. The average molecular weight is 397 g/mol. The summed E-state index contributed by atoms with van der Waals surface area (Å²) < 4.78 is 13.1. The number of carbonyl (C=O) groups excluding carboxylic acids is 3. The lowest BCUT2D eigenvalue weighted by Gasteiger charge is -2.35. The van der Waals surface area contributed by atoms with E-state index in [-0.39, 0.29) is 29.6 Å². The Morgan fingerprint density at radius 2 is 1.55 bits per heavy atom. The van der Waals surface area contributed by atoms with Gasteiger partial charge in [-0.2, -0.15) is 0 Å². The smallest absolute Gasteiger partial charge is 0.292 e. The van der Waals surface area contributed by atoms with Gasteiger partial charge in [0.1, 0.15) is 5.82 Å². The molecule has 29 heavy (non-hydrogen) atoms. The molecule has 0 aliphatic carbocycles. The summed E-state index contributed by atoms with van der Waals surface area (Å²) in [5.41, 5.74) is 1.30. The number of nitrogens with one attached hydrogen (secondary N) is 1. The van der Waals surface area contributed by atoms with Gasteiger partial charge in [0.05, 0.1) is 44.3 Å². The quantitative estimate of drug-likeness (QED) is 0.685. The van der Waals surface area contributed by atoms with E-state index in [2.05, 4.69) is 4.90 Å². The zero-order valence-electron chi connectivity index (χ0n) is 15.6. The Morgan fingerprint density at radius 3 is 2.14 bits per heavy atom. The van der Waals surface area contributed by atoms with E-state index in [1.807, 2.05) is 0 Å². The standard InChI is InChI=1S/C21H20FN3O4/c22-15-3-7-16(8-4-15)23-9-11-24(12-10-23)18-13-19(26)25(20(18)27)17-5-1-14(2-6-17)21(28)29/h1-8,18H,9-13H2,(H,28,29)/t18-/m0/s1. The Hall–Kier alpha value is -3.26. The fraction of sp³-hybridized carbons (Fsp3) is 0.286. The Labute approximate surface area is 166 Å². The van der Waals surface area contributed by atoms with Gasteiger partial charge in [-0.3, -0.25) is 9.59 Å². The molecule has 0 aromatic heterocycles. The van der Waals surface area contributed by atoms with E-state index in [9.17, 15) is 23.9 Å². The number of carbonyl (C=O) groups is 3. The summed E-state index contributed by atoms with van der Waals surface area (Å²) in [5, 5.41) is 10.9. The molecular formula is C21H20FN3O4. The van der Waals surface area contributed by atoms with E-state index in [4.69, 9.17) is 0 Å². The number of piperazine rings is 1. The summed E-state index contributed by atoms with van der Waals surface area (Å²) in [5.74, 6) is -2.13. The van der Waals surface area contributed by atoms with Crippen LogP contribution in [0.2, 0.25) is 0 Å². The molecule has 150 valence electrons. The summed E-state index contributed by atoms with van der Waals surface area (Å²) in [7, 11) is 0. The molecule has 2 amide bonds. The molecule has 2 aromatic rings. The summed E-state index contributed by atoms with van der Waals surface area (Å²) >= 11 is 0. The molecule has 0 unspecified atom stereocenters. The first-order valence-corrected chi connectivity index (χ1v) is 9.47. The maximum Gasteiger partial charge on any atom is 0.292 e. The predicted octanol–water partition coefficient (Wildman–Crippen LogP) is -0.774. The van der Waals surface area contributed by atoms with Crippen LogP contribution in [-0.4, -0.2) is 50.0 Å². The van der Waals surface area contributed by atoms with E-state index in [1.165, 1.54) is 36.4 Å². The van der Waals surface area contributed by atoms with Crippen molar-refractivity contribution in [3.63, 3.8) is 0 Å². The summed E-state index contributed by atoms with van der Waals surface area (Å²) in [4.78, 5) is 40.6. The van der Waals surface area contributed by atoms with Crippen LogP contribution in [0.25, 0.3) is 0 Å². The fourth-order valence-electron chi connectivity index (χ4n) is 4.02. The van der Waals surface area contributed by atoms with Gasteiger partial charge in [0.25, 0.3) is 5.91 Å². The van der Waals surface area contributed by atoms with Gasteiger partial charge in [-0.05, 0) is 42.0 Å². The second kappa shape index (κ2) is 7.63. The molecule has 0 spiro atoms. The second-order valence-corrected chi connectivity index (χ2v) is 7.28. The number of halogens is 1. The van der Waals surface area contributed by atoms with E-state index in [0.29, 0.717) is 31.9 Å². The highest BCUT2D eigenvalue weighted by Crippen LogP contribution is 2.23. The highest BCUT2D eigenvalue weighted by Gasteiger charge is 2.46. The third-order valence-corrected chi connectivity index (χ3v) is 5.60. The lowest BCUT2D eigenvalue weighted by Crippen LogP contribution is -3.19. The molecule has 7 nitrogen and oxygen atoms in total. The monoisotopic (exact) mass is 397 g/mol. The molecule has 2 saturated heterocycles. The maximum atomic E-state index is 13.1. The molecule has 2 aromatic carbocycles. The van der Waals surface area contributed by atoms with Crippen molar-refractivity contribution < 1.29 is 28.8 Å². The van der Waals surface area contributed by atoms with Crippen LogP contribution >= 0.6 is 0 Å². The Kier molecular flexibility index (Phi) is 5.02. The van der Waals surface area contributed by atoms with Crippen LogP contribution in [0, 0.1) is 5.82 Å². The minimum atomic E-state index is -1.31. The molecule has 0 radical (unpaired) electrons. The Balaban J connectivity index is 1.42. The lowest BCUT2D eigenvalue weighted by molar-refractivity contribution is -0.915. The normalized spacial score (nSPS) is 20.4. The van der Waals surface area contributed by atoms with Crippen LogP contribution in [0.15, 0.2) is 48.5 Å². The highest BCUT2D eigenvalue weighted by molar-refractivity contribution is 6.21. The van der Waals surface area contributed by atoms with Gasteiger partial charge in [0.2, 0.25) is 5.91 Å². The van der Waals surface area contributed by atoms with Crippen LogP contribution < -0.4 is 19.8 Å². The van der Waals surface area contributed by atoms with Crippen molar-refractivity contribution in [2.75, 3.05) is 36.0 Å². The van der Waals surface area contributed by atoms with Crippen molar-refractivity contribution in [3.8, 4) is 0 Å². The van der Waals surface area contributed by atoms with E-state index < -0.39 is 12.0 Å². The van der Waals surface area contributed by atoms with Crippen LogP contribution in [0.3, 0.4) is 0 Å². The summed E-state index contributed by atoms with van der Waals surface area (Å²) in [6.07, 6.45) is 0.132. The Bertz CT molecular complexity index is 937. The number of quaternary nitrogens is 1. The number of hydrogen-bond acceptors (Lipinski definition) is 5. The first-order valence-electron chi connectivity index (χ1n) is 9.47. The molecular weight excluding hydrogens is 377 g/mol. The average Bonchev–Trinajstić information content (AvgIpc) is 3.03. The largest absolute Gasteiger partial charge is 0.545 e. The van der Waals surface area contributed by atoms with Crippen molar-refractivity contribution in [1.29, 1.82) is 0 Å². The maximum absolute atomic E-state index is 13.1. The van der Waals surface area contributed by atoms with E-state index in [1.54, 1.807) is 12.1 Å². The first kappa shape index (κ1) is 19.1. The van der Waals surface area contributed by atoms with Crippen LogP contribution in [0.1, 0.15) is 16.8 Å². The summed E-state index contributed by atoms with van der Waals surface area (Å²) in [6.45, 7) is 2.80. The molecule has 0 bridgehead atoms. The van der Waals surface area contributed by atoms with Gasteiger partial charge in [-0.25, -0.2) is 9.29 Å². The highest BCUT2D eigenvalue weighted by atomic mass is 19.1. The number of carboxylic acid groups (broad SMARTS) is 1. The van der Waals surface area contributed by atoms with Crippen LogP contribution in [0.5, 0.6) is 0 Å².